The van der Waals surface area contributed by atoms with E-state index in [2.05, 4.69) is 45.9 Å². The van der Waals surface area contributed by atoms with Crippen molar-refractivity contribution in [2.24, 2.45) is 0 Å². The Morgan fingerprint density at radius 1 is 1.21 bits per heavy atom. The van der Waals surface area contributed by atoms with E-state index in [4.69, 9.17) is 11.6 Å². The number of aromatic nitrogens is 3. The van der Waals surface area contributed by atoms with Crippen LogP contribution in [0.5, 0.6) is 0 Å². The molecule has 1 fully saturated rings. The molecule has 0 amide bonds. The molecule has 0 saturated carbocycles. The van der Waals surface area contributed by atoms with Crippen LogP contribution in [0.1, 0.15) is 46.5 Å². The number of nitrogens with one attached hydrogen (secondary N) is 1. The third-order valence-corrected chi connectivity index (χ3v) is 3.48. The smallest absolute Gasteiger partial charge is 0.231 e. The Kier molecular flexibility index (Phi) is 4.45. The number of anilines is 2. The zero-order chi connectivity index (χ0) is 13.9. The Labute approximate surface area is 119 Å². The van der Waals surface area contributed by atoms with Crippen molar-refractivity contribution in [3.63, 3.8) is 0 Å². The Bertz CT molecular complexity index is 429. The highest BCUT2D eigenvalue weighted by molar-refractivity contribution is 6.28. The molecule has 0 radical (unpaired) electrons. The molecule has 2 heterocycles. The van der Waals surface area contributed by atoms with Crippen molar-refractivity contribution in [1.29, 1.82) is 0 Å². The second-order valence-electron chi connectivity index (χ2n) is 5.68. The first-order valence-electron chi connectivity index (χ1n) is 6.95. The normalized spacial score (nSPS) is 15.9. The molecule has 1 aliphatic rings. The highest BCUT2D eigenvalue weighted by Crippen LogP contribution is 2.21. The maximum atomic E-state index is 6.01. The van der Waals surface area contributed by atoms with Crippen LogP contribution < -0.4 is 10.2 Å². The zero-order valence-corrected chi connectivity index (χ0v) is 12.7. The summed E-state index contributed by atoms with van der Waals surface area (Å²) in [6, 6.07) is 0. The zero-order valence-electron chi connectivity index (χ0n) is 11.9. The maximum Gasteiger partial charge on any atom is 0.231 e. The summed E-state index contributed by atoms with van der Waals surface area (Å²) in [5, 5.41) is 3.61. The number of hydrogen-bond acceptors (Lipinski definition) is 5. The second-order valence-corrected chi connectivity index (χ2v) is 6.02. The first kappa shape index (κ1) is 14.3. The summed E-state index contributed by atoms with van der Waals surface area (Å²) in [7, 11) is 0. The highest BCUT2D eigenvalue weighted by atomic mass is 35.5. The van der Waals surface area contributed by atoms with E-state index in [9.17, 15) is 0 Å². The van der Waals surface area contributed by atoms with Gasteiger partial charge in [0.1, 0.15) is 0 Å². The van der Waals surface area contributed by atoms with Gasteiger partial charge in [-0.3, -0.25) is 0 Å². The number of halogens is 1. The van der Waals surface area contributed by atoms with E-state index in [-0.39, 0.29) is 10.8 Å². The molecule has 6 heteroatoms. The van der Waals surface area contributed by atoms with E-state index < -0.39 is 0 Å². The Hall–Kier alpha value is -1.10. The standard InChI is InChI=1S/C13H22ClN5/c1-4-7-13(2,3)18-11-15-10(14)16-12(17-11)19-8-5-6-9-19/h4-9H2,1-3H3,(H,15,16,17,18). The molecule has 5 nitrogen and oxygen atoms in total. The maximum absolute atomic E-state index is 6.01. The fraction of sp³-hybridized carbons (Fsp3) is 0.769. The minimum Gasteiger partial charge on any atom is -0.349 e. The van der Waals surface area contributed by atoms with Crippen molar-refractivity contribution < 1.29 is 0 Å². The lowest BCUT2D eigenvalue weighted by Gasteiger charge is -2.26. The molecule has 0 unspecified atom stereocenters. The fourth-order valence-corrected chi connectivity index (χ4v) is 2.60. The van der Waals surface area contributed by atoms with Crippen molar-refractivity contribution in [1.82, 2.24) is 15.0 Å². The van der Waals surface area contributed by atoms with E-state index in [1.165, 1.54) is 12.8 Å². The monoisotopic (exact) mass is 283 g/mol. The first-order chi connectivity index (χ1) is 9.00. The van der Waals surface area contributed by atoms with Gasteiger partial charge in [0.05, 0.1) is 0 Å². The average molecular weight is 284 g/mol. The van der Waals surface area contributed by atoms with Crippen molar-refractivity contribution in [3.8, 4) is 0 Å². The van der Waals surface area contributed by atoms with Crippen LogP contribution in [0, 0.1) is 0 Å². The lowest BCUT2D eigenvalue weighted by atomic mass is 9.99. The molecule has 106 valence electrons. The van der Waals surface area contributed by atoms with E-state index in [1.54, 1.807) is 0 Å². The predicted molar refractivity (Wildman–Crippen MR) is 78.9 cm³/mol. The van der Waals surface area contributed by atoms with Crippen LogP contribution in [0.3, 0.4) is 0 Å². The van der Waals surface area contributed by atoms with Gasteiger partial charge in [-0.25, -0.2) is 0 Å². The van der Waals surface area contributed by atoms with Gasteiger partial charge < -0.3 is 10.2 Å². The second kappa shape index (κ2) is 5.90. The van der Waals surface area contributed by atoms with Crippen LogP contribution in [-0.4, -0.2) is 33.6 Å². The van der Waals surface area contributed by atoms with Crippen LogP contribution >= 0.6 is 11.6 Å². The molecule has 1 N–H and O–H groups in total. The van der Waals surface area contributed by atoms with Crippen LogP contribution in [-0.2, 0) is 0 Å². The van der Waals surface area contributed by atoms with Crippen molar-refractivity contribution >= 4 is 23.5 Å². The van der Waals surface area contributed by atoms with Crippen molar-refractivity contribution in [2.75, 3.05) is 23.3 Å². The van der Waals surface area contributed by atoms with Crippen molar-refractivity contribution in [2.45, 2.75) is 52.0 Å². The SMILES string of the molecule is CCCC(C)(C)Nc1nc(Cl)nc(N2CCCC2)n1. The molecule has 1 aromatic heterocycles. The Morgan fingerprint density at radius 3 is 2.53 bits per heavy atom. The molecule has 0 atom stereocenters. The van der Waals surface area contributed by atoms with E-state index in [0.29, 0.717) is 11.9 Å². The fourth-order valence-electron chi connectivity index (χ4n) is 2.44. The van der Waals surface area contributed by atoms with Crippen LogP contribution in [0.15, 0.2) is 0 Å². The summed E-state index contributed by atoms with van der Waals surface area (Å²) in [5.41, 5.74) is -0.0400. The third-order valence-electron chi connectivity index (χ3n) is 3.31. The molecule has 0 aliphatic carbocycles. The summed E-state index contributed by atoms with van der Waals surface area (Å²) in [6.45, 7) is 8.45. The van der Waals surface area contributed by atoms with Gasteiger partial charge in [-0.15, -0.1) is 0 Å². The van der Waals surface area contributed by atoms with Gasteiger partial charge >= 0.3 is 0 Å². The molecule has 1 saturated heterocycles. The summed E-state index contributed by atoms with van der Waals surface area (Å²) in [6.07, 6.45) is 4.54. The van der Waals surface area contributed by atoms with Gasteiger partial charge in [0, 0.05) is 18.6 Å². The van der Waals surface area contributed by atoms with Crippen LogP contribution in [0.4, 0.5) is 11.9 Å². The van der Waals surface area contributed by atoms with Gasteiger partial charge in [0.2, 0.25) is 17.2 Å². The molecule has 19 heavy (non-hydrogen) atoms. The van der Waals surface area contributed by atoms with Crippen molar-refractivity contribution in [3.05, 3.63) is 5.28 Å². The van der Waals surface area contributed by atoms with Crippen LogP contribution in [0.25, 0.3) is 0 Å². The first-order valence-corrected chi connectivity index (χ1v) is 7.33. The Balaban J connectivity index is 2.16. The summed E-state index contributed by atoms with van der Waals surface area (Å²) >= 11 is 6.01. The lowest BCUT2D eigenvalue weighted by molar-refractivity contribution is 0.506. The van der Waals surface area contributed by atoms with Gasteiger partial charge in [0.15, 0.2) is 0 Å². The molecule has 0 bridgehead atoms. The minimum atomic E-state index is -0.0400. The topological polar surface area (TPSA) is 53.9 Å². The lowest BCUT2D eigenvalue weighted by Crippen LogP contribution is -2.32. The molecule has 0 aromatic carbocycles. The minimum absolute atomic E-state index is 0.0400. The summed E-state index contributed by atoms with van der Waals surface area (Å²) < 4.78 is 0. The average Bonchev–Trinajstić information content (AvgIpc) is 2.80. The molecular weight excluding hydrogens is 262 g/mol. The molecular formula is C13H22ClN5. The number of nitrogens with zero attached hydrogens (tertiary/aromatic N) is 4. The molecule has 1 aromatic rings. The van der Waals surface area contributed by atoms with Gasteiger partial charge in [0.25, 0.3) is 0 Å². The predicted octanol–water partition coefficient (Wildman–Crippen LogP) is 3.12. The van der Waals surface area contributed by atoms with Gasteiger partial charge in [-0.1, -0.05) is 13.3 Å². The van der Waals surface area contributed by atoms with Gasteiger partial charge in [-0.05, 0) is 44.7 Å². The van der Waals surface area contributed by atoms with Gasteiger partial charge in [-0.2, -0.15) is 15.0 Å². The van der Waals surface area contributed by atoms with E-state index >= 15 is 0 Å². The van der Waals surface area contributed by atoms with E-state index in [1.807, 2.05) is 0 Å². The molecule has 0 spiro atoms. The summed E-state index contributed by atoms with van der Waals surface area (Å²) in [4.78, 5) is 15.0. The highest BCUT2D eigenvalue weighted by Gasteiger charge is 2.21. The third kappa shape index (κ3) is 3.93. The largest absolute Gasteiger partial charge is 0.349 e. The Morgan fingerprint density at radius 2 is 1.89 bits per heavy atom. The quantitative estimate of drug-likeness (QED) is 0.900. The van der Waals surface area contributed by atoms with Crippen LogP contribution in [0.2, 0.25) is 5.28 Å². The summed E-state index contributed by atoms with van der Waals surface area (Å²) in [5.74, 6) is 1.26. The number of rotatable bonds is 5. The molecule has 1 aliphatic heterocycles. The number of hydrogen-bond donors (Lipinski definition) is 1. The molecule has 2 rings (SSSR count). The van der Waals surface area contributed by atoms with E-state index in [0.717, 1.165) is 25.9 Å².